The van der Waals surface area contributed by atoms with Crippen molar-refractivity contribution in [3.05, 3.63) is 37.4 Å². The van der Waals surface area contributed by atoms with E-state index in [1.54, 1.807) is 14.2 Å². The number of halogens is 3. The number of nitrogens with one attached hydrogen (secondary N) is 1. The Bertz CT molecular complexity index is 607. The highest BCUT2D eigenvalue weighted by Crippen LogP contribution is 2.35. The third-order valence-electron chi connectivity index (χ3n) is 2.70. The molecule has 112 valence electrons. The molecule has 0 radical (unpaired) electrons. The summed E-state index contributed by atoms with van der Waals surface area (Å²) in [5, 5.41) is 3.32. The van der Waals surface area contributed by atoms with Crippen LogP contribution in [0.2, 0.25) is 0 Å². The Labute approximate surface area is 147 Å². The fourth-order valence-corrected chi connectivity index (χ4v) is 4.31. The SMILES string of the molecule is COc1ncnc(OC)c1CNc1c(Br)cc(Br)cc1Br. The van der Waals surface area contributed by atoms with Crippen LogP contribution in [0.5, 0.6) is 11.8 Å². The second kappa shape index (κ2) is 7.42. The molecule has 0 bridgehead atoms. The van der Waals surface area contributed by atoms with Crippen LogP contribution >= 0.6 is 47.8 Å². The summed E-state index contributed by atoms with van der Waals surface area (Å²) in [6.45, 7) is 0.464. The van der Waals surface area contributed by atoms with E-state index in [4.69, 9.17) is 9.47 Å². The minimum atomic E-state index is 0.464. The number of rotatable bonds is 5. The molecule has 1 heterocycles. The van der Waals surface area contributed by atoms with Gasteiger partial charge in [0.15, 0.2) is 0 Å². The minimum Gasteiger partial charge on any atom is -0.481 e. The molecule has 2 rings (SSSR count). The van der Waals surface area contributed by atoms with Crippen LogP contribution in [0.15, 0.2) is 31.9 Å². The Hall–Kier alpha value is -0.860. The van der Waals surface area contributed by atoms with E-state index in [2.05, 4.69) is 63.1 Å². The lowest BCUT2D eigenvalue weighted by Gasteiger charge is -2.14. The molecule has 8 heteroatoms. The Kier molecular flexibility index (Phi) is 5.83. The largest absolute Gasteiger partial charge is 0.481 e. The maximum absolute atomic E-state index is 5.25. The van der Waals surface area contributed by atoms with Crippen LogP contribution in [0.1, 0.15) is 5.56 Å². The molecule has 0 saturated carbocycles. The first-order valence-corrected chi connectivity index (χ1v) is 8.25. The van der Waals surface area contributed by atoms with Crippen LogP contribution in [0.4, 0.5) is 5.69 Å². The molecule has 1 N–H and O–H groups in total. The Morgan fingerprint density at radius 2 is 1.52 bits per heavy atom. The molecule has 0 fully saturated rings. The van der Waals surface area contributed by atoms with Crippen molar-refractivity contribution in [2.75, 3.05) is 19.5 Å². The Morgan fingerprint density at radius 3 is 2.00 bits per heavy atom. The number of ether oxygens (including phenoxy) is 2. The van der Waals surface area contributed by atoms with E-state index in [-0.39, 0.29) is 0 Å². The average Bonchev–Trinajstić information content (AvgIpc) is 2.45. The van der Waals surface area contributed by atoms with Crippen LogP contribution in [0.25, 0.3) is 0 Å². The quantitative estimate of drug-likeness (QED) is 0.686. The summed E-state index contributed by atoms with van der Waals surface area (Å²) < 4.78 is 13.3. The molecule has 0 aliphatic rings. The number of hydrogen-bond acceptors (Lipinski definition) is 5. The van der Waals surface area contributed by atoms with Crippen LogP contribution < -0.4 is 14.8 Å². The van der Waals surface area contributed by atoms with Crippen LogP contribution in [0, 0.1) is 0 Å². The van der Waals surface area contributed by atoms with Gasteiger partial charge in [0, 0.05) is 13.4 Å². The smallest absolute Gasteiger partial charge is 0.225 e. The van der Waals surface area contributed by atoms with Crippen molar-refractivity contribution in [3.63, 3.8) is 0 Å². The summed E-state index contributed by atoms with van der Waals surface area (Å²) >= 11 is 10.5. The normalized spacial score (nSPS) is 10.3. The van der Waals surface area contributed by atoms with Crippen molar-refractivity contribution in [2.45, 2.75) is 6.54 Å². The Morgan fingerprint density at radius 1 is 1.00 bits per heavy atom. The molecule has 5 nitrogen and oxygen atoms in total. The van der Waals surface area contributed by atoms with Gasteiger partial charge in [-0.3, -0.25) is 0 Å². The topological polar surface area (TPSA) is 56.3 Å². The summed E-state index contributed by atoms with van der Waals surface area (Å²) in [6, 6.07) is 3.92. The molecule has 21 heavy (non-hydrogen) atoms. The maximum atomic E-state index is 5.25. The zero-order valence-electron chi connectivity index (χ0n) is 11.3. The summed E-state index contributed by atoms with van der Waals surface area (Å²) in [7, 11) is 3.13. The minimum absolute atomic E-state index is 0.464. The number of nitrogens with zero attached hydrogens (tertiary/aromatic N) is 2. The molecule has 0 amide bonds. The molecule has 0 spiro atoms. The van der Waals surface area contributed by atoms with Crippen molar-refractivity contribution >= 4 is 53.5 Å². The van der Waals surface area contributed by atoms with Crippen LogP contribution in [-0.2, 0) is 6.54 Å². The average molecular weight is 482 g/mol. The highest BCUT2D eigenvalue weighted by atomic mass is 79.9. The van der Waals surface area contributed by atoms with Gasteiger partial charge in [0.05, 0.1) is 32.0 Å². The van der Waals surface area contributed by atoms with Crippen LogP contribution in [0.3, 0.4) is 0 Å². The zero-order valence-corrected chi connectivity index (χ0v) is 16.0. The first-order chi connectivity index (χ1) is 10.1. The third kappa shape index (κ3) is 3.87. The molecular weight excluding hydrogens is 470 g/mol. The van der Waals surface area contributed by atoms with Gasteiger partial charge < -0.3 is 14.8 Å². The second-order valence-electron chi connectivity index (χ2n) is 3.97. The van der Waals surface area contributed by atoms with Gasteiger partial charge >= 0.3 is 0 Å². The number of benzene rings is 1. The van der Waals surface area contributed by atoms with E-state index in [0.29, 0.717) is 18.3 Å². The standard InChI is InChI=1S/C13H12Br3N3O2/c1-20-12-8(13(21-2)19-6-18-12)5-17-11-9(15)3-7(14)4-10(11)16/h3-4,6,17H,5H2,1-2H3. The highest BCUT2D eigenvalue weighted by Gasteiger charge is 2.14. The number of hydrogen-bond donors (Lipinski definition) is 1. The van der Waals surface area contributed by atoms with Gasteiger partial charge in [0.25, 0.3) is 0 Å². The van der Waals surface area contributed by atoms with E-state index >= 15 is 0 Å². The van der Waals surface area contributed by atoms with Crippen molar-refractivity contribution in [2.24, 2.45) is 0 Å². The summed E-state index contributed by atoms with van der Waals surface area (Å²) in [5.74, 6) is 0.970. The Balaban J connectivity index is 2.28. The van der Waals surface area contributed by atoms with Gasteiger partial charge in [-0.25, -0.2) is 9.97 Å². The van der Waals surface area contributed by atoms with Gasteiger partial charge in [-0.2, -0.15) is 0 Å². The van der Waals surface area contributed by atoms with E-state index < -0.39 is 0 Å². The first kappa shape index (κ1) is 16.5. The predicted octanol–water partition coefficient (Wildman–Crippen LogP) is 4.39. The summed E-state index contributed by atoms with van der Waals surface area (Å²) in [4.78, 5) is 8.19. The molecule has 1 aromatic heterocycles. The lowest BCUT2D eigenvalue weighted by Crippen LogP contribution is -2.07. The molecular formula is C13H12Br3N3O2. The molecule has 0 saturated heterocycles. The predicted molar refractivity (Wildman–Crippen MR) is 92.0 cm³/mol. The fraction of sp³-hybridized carbons (Fsp3) is 0.231. The van der Waals surface area contributed by atoms with Crippen molar-refractivity contribution in [3.8, 4) is 11.8 Å². The molecule has 2 aromatic rings. The van der Waals surface area contributed by atoms with Gasteiger partial charge in [-0.05, 0) is 44.0 Å². The fourth-order valence-electron chi connectivity index (χ4n) is 1.77. The monoisotopic (exact) mass is 479 g/mol. The first-order valence-electron chi connectivity index (χ1n) is 5.87. The van der Waals surface area contributed by atoms with Crippen LogP contribution in [-0.4, -0.2) is 24.2 Å². The number of methoxy groups -OCH3 is 2. The van der Waals surface area contributed by atoms with E-state index in [1.807, 2.05) is 12.1 Å². The van der Waals surface area contributed by atoms with Crippen molar-refractivity contribution < 1.29 is 9.47 Å². The molecule has 0 atom stereocenters. The van der Waals surface area contributed by atoms with E-state index in [9.17, 15) is 0 Å². The summed E-state index contributed by atoms with van der Waals surface area (Å²) in [6.07, 6.45) is 1.41. The lowest BCUT2D eigenvalue weighted by molar-refractivity contribution is 0.363. The molecule has 0 unspecified atom stereocenters. The summed E-state index contributed by atoms with van der Waals surface area (Å²) in [5.41, 5.74) is 1.68. The number of aromatic nitrogens is 2. The van der Waals surface area contributed by atoms with E-state index in [1.165, 1.54) is 6.33 Å². The zero-order chi connectivity index (χ0) is 15.4. The highest BCUT2D eigenvalue weighted by molar-refractivity contribution is 9.11. The lowest BCUT2D eigenvalue weighted by atomic mass is 10.2. The molecule has 0 aliphatic carbocycles. The van der Waals surface area contributed by atoms with E-state index in [0.717, 1.165) is 24.7 Å². The molecule has 1 aromatic carbocycles. The number of anilines is 1. The van der Waals surface area contributed by atoms with Crippen molar-refractivity contribution in [1.29, 1.82) is 0 Å². The van der Waals surface area contributed by atoms with Gasteiger partial charge in [0.1, 0.15) is 6.33 Å². The van der Waals surface area contributed by atoms with Gasteiger partial charge in [-0.1, -0.05) is 15.9 Å². The van der Waals surface area contributed by atoms with Gasteiger partial charge in [0.2, 0.25) is 11.8 Å². The van der Waals surface area contributed by atoms with Crippen molar-refractivity contribution in [1.82, 2.24) is 9.97 Å². The second-order valence-corrected chi connectivity index (χ2v) is 6.59. The molecule has 0 aliphatic heterocycles. The van der Waals surface area contributed by atoms with Gasteiger partial charge in [-0.15, -0.1) is 0 Å². The third-order valence-corrected chi connectivity index (χ3v) is 4.41. The maximum Gasteiger partial charge on any atom is 0.225 e.